The smallest absolute Gasteiger partial charge is 0.266 e. The highest BCUT2D eigenvalue weighted by Crippen LogP contribution is 2.05. The maximum atomic E-state index is 11.0. The van der Waals surface area contributed by atoms with Crippen molar-refractivity contribution in [1.29, 1.82) is 0 Å². The molecular formula is C11H11N3O. The summed E-state index contributed by atoms with van der Waals surface area (Å²) >= 11 is 0. The van der Waals surface area contributed by atoms with E-state index in [2.05, 4.69) is 4.98 Å². The van der Waals surface area contributed by atoms with Gasteiger partial charge in [0.05, 0.1) is 12.5 Å². The first-order valence-electron chi connectivity index (χ1n) is 4.61. The Kier molecular flexibility index (Phi) is 2.49. The zero-order chi connectivity index (χ0) is 10.7. The Labute approximate surface area is 87.4 Å². The fourth-order valence-electron chi connectivity index (χ4n) is 1.43. The number of carbonyl (C=O) groups excluding carboxylic acids is 1. The Morgan fingerprint density at radius 2 is 2.07 bits per heavy atom. The maximum absolute atomic E-state index is 11.0. The topological polar surface area (TPSA) is 60.9 Å². The van der Waals surface area contributed by atoms with Gasteiger partial charge in [0.1, 0.15) is 5.69 Å². The van der Waals surface area contributed by atoms with Crippen molar-refractivity contribution in [2.75, 3.05) is 0 Å². The summed E-state index contributed by atoms with van der Waals surface area (Å²) in [4.78, 5) is 14.9. The van der Waals surface area contributed by atoms with Gasteiger partial charge in [0.25, 0.3) is 5.91 Å². The molecule has 0 aliphatic rings. The van der Waals surface area contributed by atoms with Crippen molar-refractivity contribution < 1.29 is 4.79 Å². The van der Waals surface area contributed by atoms with Gasteiger partial charge in [-0.3, -0.25) is 4.79 Å². The van der Waals surface area contributed by atoms with Crippen molar-refractivity contribution in [2.24, 2.45) is 5.73 Å². The predicted octanol–water partition coefficient (Wildman–Crippen LogP) is 1.03. The lowest BCUT2D eigenvalue weighted by Crippen LogP contribution is -2.16. The van der Waals surface area contributed by atoms with Crippen LogP contribution in [0, 0.1) is 0 Å². The standard InChI is InChI=1S/C11H11N3O/c12-11(15)10-6-13-8-14(10)7-9-4-2-1-3-5-9/h1-6,8H,7H2,(H2,12,15). The Hall–Kier alpha value is -2.10. The third-order valence-electron chi connectivity index (χ3n) is 2.16. The zero-order valence-corrected chi connectivity index (χ0v) is 8.13. The van der Waals surface area contributed by atoms with Crippen LogP contribution in [0.3, 0.4) is 0 Å². The minimum absolute atomic E-state index is 0.429. The van der Waals surface area contributed by atoms with Gasteiger partial charge in [-0.2, -0.15) is 0 Å². The fourth-order valence-corrected chi connectivity index (χ4v) is 1.43. The summed E-state index contributed by atoms with van der Waals surface area (Å²) in [5, 5.41) is 0. The van der Waals surface area contributed by atoms with Crippen molar-refractivity contribution in [3.8, 4) is 0 Å². The highest BCUT2D eigenvalue weighted by atomic mass is 16.1. The average Bonchev–Trinajstić information content (AvgIpc) is 2.67. The lowest BCUT2D eigenvalue weighted by atomic mass is 10.2. The van der Waals surface area contributed by atoms with E-state index >= 15 is 0 Å². The molecule has 0 aliphatic carbocycles. The predicted molar refractivity (Wildman–Crippen MR) is 56.3 cm³/mol. The quantitative estimate of drug-likeness (QED) is 0.806. The summed E-state index contributed by atoms with van der Waals surface area (Å²) in [7, 11) is 0. The van der Waals surface area contributed by atoms with Gasteiger partial charge in [0.2, 0.25) is 0 Å². The van der Waals surface area contributed by atoms with Crippen molar-refractivity contribution in [1.82, 2.24) is 9.55 Å². The molecule has 0 aliphatic heterocycles. The SMILES string of the molecule is NC(=O)c1cncn1Cc1ccccc1. The Bertz CT molecular complexity index is 462. The summed E-state index contributed by atoms with van der Waals surface area (Å²) in [6.45, 7) is 0.610. The molecule has 0 radical (unpaired) electrons. The molecule has 0 bridgehead atoms. The van der Waals surface area contributed by atoms with Crippen LogP contribution in [0.4, 0.5) is 0 Å². The monoisotopic (exact) mass is 201 g/mol. The van der Waals surface area contributed by atoms with E-state index in [0.29, 0.717) is 12.2 Å². The van der Waals surface area contributed by atoms with E-state index in [1.165, 1.54) is 6.20 Å². The molecule has 2 aromatic rings. The first-order valence-corrected chi connectivity index (χ1v) is 4.61. The number of aromatic nitrogens is 2. The summed E-state index contributed by atoms with van der Waals surface area (Å²) in [6, 6.07) is 9.84. The summed E-state index contributed by atoms with van der Waals surface area (Å²) < 4.78 is 1.73. The minimum atomic E-state index is -0.455. The molecule has 1 aromatic carbocycles. The number of benzene rings is 1. The van der Waals surface area contributed by atoms with Crippen molar-refractivity contribution in [2.45, 2.75) is 6.54 Å². The van der Waals surface area contributed by atoms with Crippen LogP contribution in [0.25, 0.3) is 0 Å². The second-order valence-electron chi connectivity index (χ2n) is 3.26. The van der Waals surface area contributed by atoms with Gasteiger partial charge >= 0.3 is 0 Å². The van der Waals surface area contributed by atoms with Gasteiger partial charge in [-0.15, -0.1) is 0 Å². The Balaban J connectivity index is 2.25. The van der Waals surface area contributed by atoms with Crippen molar-refractivity contribution >= 4 is 5.91 Å². The highest BCUT2D eigenvalue weighted by molar-refractivity contribution is 5.90. The second kappa shape index (κ2) is 3.96. The van der Waals surface area contributed by atoms with Gasteiger partial charge < -0.3 is 10.3 Å². The average molecular weight is 201 g/mol. The van der Waals surface area contributed by atoms with Crippen molar-refractivity contribution in [3.05, 3.63) is 54.1 Å². The number of hydrogen-bond acceptors (Lipinski definition) is 2. The summed E-state index contributed by atoms with van der Waals surface area (Å²) in [5.41, 5.74) is 6.75. The largest absolute Gasteiger partial charge is 0.364 e. The van der Waals surface area contributed by atoms with Crippen LogP contribution in [0.15, 0.2) is 42.9 Å². The molecule has 0 fully saturated rings. The number of rotatable bonds is 3. The number of nitrogens with two attached hydrogens (primary N) is 1. The molecule has 0 saturated heterocycles. The second-order valence-corrected chi connectivity index (χ2v) is 3.26. The van der Waals surface area contributed by atoms with Crippen LogP contribution >= 0.6 is 0 Å². The number of nitrogens with zero attached hydrogens (tertiary/aromatic N) is 2. The zero-order valence-electron chi connectivity index (χ0n) is 8.13. The molecule has 4 nitrogen and oxygen atoms in total. The van der Waals surface area contributed by atoms with E-state index in [0.717, 1.165) is 5.56 Å². The molecule has 76 valence electrons. The maximum Gasteiger partial charge on any atom is 0.266 e. The van der Waals surface area contributed by atoms with Crippen molar-refractivity contribution in [3.63, 3.8) is 0 Å². The van der Waals surface area contributed by atoms with E-state index in [9.17, 15) is 4.79 Å². The molecular weight excluding hydrogens is 190 g/mol. The number of primary amides is 1. The van der Waals surface area contributed by atoms with Crippen LogP contribution in [0.5, 0.6) is 0 Å². The third kappa shape index (κ3) is 2.04. The number of hydrogen-bond donors (Lipinski definition) is 1. The fraction of sp³-hybridized carbons (Fsp3) is 0.0909. The highest BCUT2D eigenvalue weighted by Gasteiger charge is 2.07. The molecule has 1 aromatic heterocycles. The van der Waals surface area contributed by atoms with Crippen LogP contribution in [-0.2, 0) is 6.54 Å². The van der Waals surface area contributed by atoms with E-state index in [1.54, 1.807) is 10.9 Å². The number of carbonyl (C=O) groups is 1. The van der Waals surface area contributed by atoms with Gasteiger partial charge in [0.15, 0.2) is 0 Å². The molecule has 15 heavy (non-hydrogen) atoms. The molecule has 0 saturated carbocycles. The molecule has 4 heteroatoms. The van der Waals surface area contributed by atoms with Gasteiger partial charge in [-0.05, 0) is 5.56 Å². The molecule has 0 spiro atoms. The normalized spacial score (nSPS) is 10.1. The van der Waals surface area contributed by atoms with Gasteiger partial charge in [0, 0.05) is 6.54 Å². The molecule has 0 unspecified atom stereocenters. The van der Waals surface area contributed by atoms with Gasteiger partial charge in [-0.25, -0.2) is 4.98 Å². The molecule has 0 atom stereocenters. The first kappa shape index (κ1) is 9.45. The Morgan fingerprint density at radius 1 is 1.33 bits per heavy atom. The first-order chi connectivity index (χ1) is 7.27. The minimum Gasteiger partial charge on any atom is -0.364 e. The molecule has 2 rings (SSSR count). The molecule has 2 N–H and O–H groups in total. The van der Waals surface area contributed by atoms with E-state index < -0.39 is 5.91 Å². The summed E-state index contributed by atoms with van der Waals surface area (Å²) in [5.74, 6) is -0.455. The Morgan fingerprint density at radius 3 is 2.73 bits per heavy atom. The molecule has 1 amide bonds. The summed E-state index contributed by atoms with van der Waals surface area (Å²) in [6.07, 6.45) is 3.08. The van der Waals surface area contributed by atoms with Crippen LogP contribution < -0.4 is 5.73 Å². The van der Waals surface area contributed by atoms with Crippen LogP contribution in [-0.4, -0.2) is 15.5 Å². The van der Waals surface area contributed by atoms with Gasteiger partial charge in [-0.1, -0.05) is 30.3 Å². The number of amides is 1. The van der Waals surface area contributed by atoms with E-state index in [1.807, 2.05) is 30.3 Å². The van der Waals surface area contributed by atoms with Crippen LogP contribution in [0.2, 0.25) is 0 Å². The van der Waals surface area contributed by atoms with Crippen LogP contribution in [0.1, 0.15) is 16.1 Å². The lowest BCUT2D eigenvalue weighted by Gasteiger charge is -2.05. The third-order valence-corrected chi connectivity index (χ3v) is 2.16. The van der Waals surface area contributed by atoms with E-state index in [4.69, 9.17) is 5.73 Å². The number of imidazole rings is 1. The molecule has 1 heterocycles. The lowest BCUT2D eigenvalue weighted by molar-refractivity contribution is 0.0992. The van der Waals surface area contributed by atoms with E-state index in [-0.39, 0.29) is 0 Å².